The zero-order valence-electron chi connectivity index (χ0n) is 14.2. The third-order valence-electron chi connectivity index (χ3n) is 4.13. The van der Waals surface area contributed by atoms with E-state index in [9.17, 15) is 5.11 Å². The molecule has 2 aromatic carbocycles. The topological polar surface area (TPSA) is 65.3 Å². The number of fused-ring (bicyclic) bond motifs is 1. The SMILES string of the molecule is Cc1cc(-c2[nH]c3ccc(N)cc3c2C)cc(N(C)C)c1O.Cl.Cl. The minimum atomic E-state index is 0. The Hall–Kier alpha value is -2.04. The maximum Gasteiger partial charge on any atom is 0.141 e. The molecular formula is C18H23Cl2N3O. The molecule has 0 saturated carbocycles. The predicted octanol–water partition coefficient (Wildman–Crippen LogP) is 4.65. The molecule has 1 heterocycles. The molecule has 0 saturated heterocycles. The number of aromatic amines is 1. The fourth-order valence-electron chi connectivity index (χ4n) is 2.88. The van der Waals surface area contributed by atoms with Crippen LogP contribution < -0.4 is 10.6 Å². The third-order valence-corrected chi connectivity index (χ3v) is 4.13. The van der Waals surface area contributed by atoms with Crippen LogP contribution in [0.4, 0.5) is 11.4 Å². The smallest absolute Gasteiger partial charge is 0.141 e. The number of nitrogen functional groups attached to an aromatic ring is 1. The molecule has 1 aromatic heterocycles. The van der Waals surface area contributed by atoms with E-state index in [1.54, 1.807) is 0 Å². The Bertz CT molecular complexity index is 872. The van der Waals surface area contributed by atoms with Crippen LogP contribution in [-0.2, 0) is 0 Å². The van der Waals surface area contributed by atoms with Crippen molar-refractivity contribution in [1.29, 1.82) is 0 Å². The van der Waals surface area contributed by atoms with Gasteiger partial charge in [0.1, 0.15) is 5.75 Å². The van der Waals surface area contributed by atoms with Gasteiger partial charge in [0.05, 0.1) is 5.69 Å². The number of anilines is 2. The Labute approximate surface area is 154 Å². The molecule has 0 unspecified atom stereocenters. The van der Waals surface area contributed by atoms with E-state index in [0.717, 1.165) is 44.7 Å². The summed E-state index contributed by atoms with van der Waals surface area (Å²) in [5, 5.41) is 11.3. The van der Waals surface area contributed by atoms with E-state index in [-0.39, 0.29) is 24.8 Å². The molecule has 4 N–H and O–H groups in total. The molecule has 0 spiro atoms. The Morgan fingerprint density at radius 3 is 2.33 bits per heavy atom. The lowest BCUT2D eigenvalue weighted by atomic mass is 10.0. The first-order chi connectivity index (χ1) is 10.4. The van der Waals surface area contributed by atoms with E-state index in [0.29, 0.717) is 5.75 Å². The van der Waals surface area contributed by atoms with E-state index >= 15 is 0 Å². The van der Waals surface area contributed by atoms with Crippen LogP contribution >= 0.6 is 24.8 Å². The number of nitrogens with zero attached hydrogens (tertiary/aromatic N) is 1. The second kappa shape index (κ2) is 7.24. The predicted molar refractivity (Wildman–Crippen MR) is 108 cm³/mol. The van der Waals surface area contributed by atoms with Crippen molar-refractivity contribution in [2.24, 2.45) is 0 Å². The van der Waals surface area contributed by atoms with E-state index in [1.165, 1.54) is 0 Å². The first-order valence-electron chi connectivity index (χ1n) is 7.27. The number of nitrogens with one attached hydrogen (secondary N) is 1. The highest BCUT2D eigenvalue weighted by Gasteiger charge is 2.14. The van der Waals surface area contributed by atoms with Crippen molar-refractivity contribution in [3.63, 3.8) is 0 Å². The molecule has 0 aliphatic carbocycles. The molecule has 0 atom stereocenters. The highest BCUT2D eigenvalue weighted by molar-refractivity contribution is 5.93. The molecule has 3 rings (SSSR count). The molecule has 24 heavy (non-hydrogen) atoms. The van der Waals surface area contributed by atoms with Crippen molar-refractivity contribution in [1.82, 2.24) is 4.98 Å². The van der Waals surface area contributed by atoms with Gasteiger partial charge in [-0.25, -0.2) is 0 Å². The standard InChI is InChI=1S/C18H21N3O.2ClH/c1-10-7-12(8-16(18(10)22)21(3)4)17-11(2)14-9-13(19)5-6-15(14)20-17;;/h5-9,20,22H,19H2,1-4H3;2*1H. The number of phenols is 1. The number of hydrogen-bond donors (Lipinski definition) is 3. The lowest BCUT2D eigenvalue weighted by Gasteiger charge is -2.17. The van der Waals surface area contributed by atoms with Crippen LogP contribution in [0, 0.1) is 13.8 Å². The van der Waals surface area contributed by atoms with Crippen molar-refractivity contribution >= 4 is 47.1 Å². The maximum absolute atomic E-state index is 10.2. The summed E-state index contributed by atoms with van der Waals surface area (Å²) in [4.78, 5) is 5.38. The molecule has 6 heteroatoms. The van der Waals surface area contributed by atoms with Crippen LogP contribution in [-0.4, -0.2) is 24.2 Å². The summed E-state index contributed by atoms with van der Waals surface area (Å²) in [5.41, 5.74) is 12.7. The van der Waals surface area contributed by atoms with Gasteiger partial charge in [0.25, 0.3) is 0 Å². The van der Waals surface area contributed by atoms with Gasteiger partial charge in [-0.05, 0) is 55.3 Å². The lowest BCUT2D eigenvalue weighted by molar-refractivity contribution is 0.471. The summed E-state index contributed by atoms with van der Waals surface area (Å²) >= 11 is 0. The van der Waals surface area contributed by atoms with Crippen molar-refractivity contribution < 1.29 is 5.11 Å². The summed E-state index contributed by atoms with van der Waals surface area (Å²) in [7, 11) is 3.86. The normalized spacial score (nSPS) is 10.2. The van der Waals surface area contributed by atoms with Crippen LogP contribution in [0.1, 0.15) is 11.1 Å². The van der Waals surface area contributed by atoms with Gasteiger partial charge in [0.15, 0.2) is 0 Å². The van der Waals surface area contributed by atoms with Gasteiger partial charge in [0.2, 0.25) is 0 Å². The highest BCUT2D eigenvalue weighted by atomic mass is 35.5. The summed E-state index contributed by atoms with van der Waals surface area (Å²) in [5.74, 6) is 0.326. The van der Waals surface area contributed by atoms with E-state index in [4.69, 9.17) is 5.73 Å². The van der Waals surface area contributed by atoms with Gasteiger partial charge in [0, 0.05) is 41.9 Å². The zero-order chi connectivity index (χ0) is 16.0. The third kappa shape index (κ3) is 3.25. The van der Waals surface area contributed by atoms with Crippen molar-refractivity contribution in [2.75, 3.05) is 24.7 Å². The number of hydrogen-bond acceptors (Lipinski definition) is 3. The Morgan fingerprint density at radius 2 is 1.71 bits per heavy atom. The Balaban J connectivity index is 0.00000144. The van der Waals surface area contributed by atoms with E-state index in [2.05, 4.69) is 11.9 Å². The van der Waals surface area contributed by atoms with Crippen molar-refractivity contribution in [3.8, 4) is 17.0 Å². The summed E-state index contributed by atoms with van der Waals surface area (Å²) in [6, 6.07) is 9.90. The summed E-state index contributed by atoms with van der Waals surface area (Å²) in [6.45, 7) is 4.01. The molecule has 0 aliphatic heterocycles. The van der Waals surface area contributed by atoms with E-state index < -0.39 is 0 Å². The Morgan fingerprint density at radius 1 is 1.04 bits per heavy atom. The van der Waals surface area contributed by atoms with Gasteiger partial charge in [-0.1, -0.05) is 0 Å². The Kier molecular flexibility index (Phi) is 6.04. The molecular weight excluding hydrogens is 345 g/mol. The van der Waals surface area contributed by atoms with Gasteiger partial charge in [-0.2, -0.15) is 0 Å². The largest absolute Gasteiger partial charge is 0.505 e. The number of aromatic hydroxyl groups is 1. The molecule has 0 fully saturated rings. The van der Waals surface area contributed by atoms with Crippen LogP contribution in [0.3, 0.4) is 0 Å². The summed E-state index contributed by atoms with van der Waals surface area (Å²) in [6.07, 6.45) is 0. The number of rotatable bonds is 2. The van der Waals surface area contributed by atoms with Gasteiger partial charge in [-0.3, -0.25) is 0 Å². The van der Waals surface area contributed by atoms with Gasteiger partial charge < -0.3 is 20.7 Å². The first kappa shape index (κ1) is 20.0. The number of halogens is 2. The fourth-order valence-corrected chi connectivity index (χ4v) is 2.88. The second-order valence-electron chi connectivity index (χ2n) is 5.99. The quantitative estimate of drug-likeness (QED) is 0.577. The molecule has 130 valence electrons. The number of aromatic nitrogens is 1. The monoisotopic (exact) mass is 367 g/mol. The molecule has 0 amide bonds. The average Bonchev–Trinajstić information content (AvgIpc) is 2.78. The van der Waals surface area contributed by atoms with Crippen LogP contribution in [0.5, 0.6) is 5.75 Å². The van der Waals surface area contributed by atoms with Gasteiger partial charge >= 0.3 is 0 Å². The first-order valence-corrected chi connectivity index (χ1v) is 7.27. The zero-order valence-corrected chi connectivity index (χ0v) is 15.8. The number of H-pyrrole nitrogens is 1. The van der Waals surface area contributed by atoms with Crippen molar-refractivity contribution in [2.45, 2.75) is 13.8 Å². The van der Waals surface area contributed by atoms with Crippen molar-refractivity contribution in [3.05, 3.63) is 41.5 Å². The minimum absolute atomic E-state index is 0. The highest BCUT2D eigenvalue weighted by Crippen LogP contribution is 2.37. The van der Waals surface area contributed by atoms with E-state index in [1.807, 2.05) is 56.3 Å². The molecule has 4 nitrogen and oxygen atoms in total. The fraction of sp³-hybridized carbons (Fsp3) is 0.222. The average molecular weight is 368 g/mol. The number of phenolic OH excluding ortho intramolecular Hbond substituents is 1. The maximum atomic E-state index is 10.2. The van der Waals surface area contributed by atoms with Crippen LogP contribution in [0.25, 0.3) is 22.2 Å². The second-order valence-corrected chi connectivity index (χ2v) is 5.99. The van der Waals surface area contributed by atoms with Crippen LogP contribution in [0.2, 0.25) is 0 Å². The molecule has 0 bridgehead atoms. The number of benzene rings is 2. The minimum Gasteiger partial charge on any atom is -0.505 e. The lowest BCUT2D eigenvalue weighted by Crippen LogP contribution is -2.09. The molecule has 0 aliphatic rings. The summed E-state index contributed by atoms with van der Waals surface area (Å²) < 4.78 is 0. The number of aryl methyl sites for hydroxylation is 2. The number of nitrogens with two attached hydrogens (primary N) is 1. The molecule has 0 radical (unpaired) electrons. The van der Waals surface area contributed by atoms with Gasteiger partial charge in [-0.15, -0.1) is 24.8 Å². The molecule has 3 aromatic rings. The van der Waals surface area contributed by atoms with Crippen LogP contribution in [0.15, 0.2) is 30.3 Å².